The number of hydrogen-bond acceptors (Lipinski definition) is 4. The molecule has 0 aliphatic rings. The lowest BCUT2D eigenvalue weighted by Crippen LogP contribution is -2.27. The number of benzene rings is 1. The minimum absolute atomic E-state index is 0.0373. The van der Waals surface area contributed by atoms with Gasteiger partial charge in [0.05, 0.1) is 13.2 Å². The van der Waals surface area contributed by atoms with Gasteiger partial charge in [0.25, 0.3) is 0 Å². The summed E-state index contributed by atoms with van der Waals surface area (Å²) in [6.45, 7) is 4.12. The molecule has 0 aliphatic heterocycles. The fourth-order valence-electron chi connectivity index (χ4n) is 1.46. The molecule has 2 atom stereocenters. The summed E-state index contributed by atoms with van der Waals surface area (Å²) in [4.78, 5) is 0. The first kappa shape index (κ1) is 12.8. The summed E-state index contributed by atoms with van der Waals surface area (Å²) >= 11 is 0. The second kappa shape index (κ2) is 5.72. The molecule has 90 valence electrons. The highest BCUT2D eigenvalue weighted by molar-refractivity contribution is 5.41. The minimum Gasteiger partial charge on any atom is -0.508 e. The van der Waals surface area contributed by atoms with Gasteiger partial charge in [-0.2, -0.15) is 0 Å². The van der Waals surface area contributed by atoms with E-state index >= 15 is 0 Å². The normalized spacial score (nSPS) is 14.5. The van der Waals surface area contributed by atoms with Crippen LogP contribution in [0.3, 0.4) is 0 Å². The third kappa shape index (κ3) is 3.40. The van der Waals surface area contributed by atoms with E-state index in [4.69, 9.17) is 9.84 Å². The fourth-order valence-corrected chi connectivity index (χ4v) is 1.46. The predicted octanol–water partition coefficient (Wildman–Crippen LogP) is 1.43. The number of hydrogen-bond donors (Lipinski definition) is 3. The molecule has 0 aromatic heterocycles. The third-order valence-electron chi connectivity index (χ3n) is 2.42. The van der Waals surface area contributed by atoms with Gasteiger partial charge in [0.2, 0.25) is 0 Å². The molecule has 1 rings (SSSR count). The Labute approximate surface area is 95.9 Å². The summed E-state index contributed by atoms with van der Waals surface area (Å²) in [7, 11) is 1.59. The number of aliphatic hydroxyl groups excluding tert-OH is 1. The quantitative estimate of drug-likeness (QED) is 0.709. The van der Waals surface area contributed by atoms with E-state index in [0.29, 0.717) is 12.3 Å². The molecule has 0 saturated carbocycles. The monoisotopic (exact) mass is 225 g/mol. The Hall–Kier alpha value is -1.26. The molecule has 1 aromatic rings. The van der Waals surface area contributed by atoms with Gasteiger partial charge in [-0.1, -0.05) is 0 Å². The number of aliphatic hydroxyl groups is 1. The first-order valence-electron chi connectivity index (χ1n) is 5.33. The lowest BCUT2D eigenvalue weighted by atomic mass is 10.1. The first-order chi connectivity index (χ1) is 7.54. The van der Waals surface area contributed by atoms with E-state index < -0.39 is 6.10 Å². The molecule has 2 unspecified atom stereocenters. The fraction of sp³-hybridized carbons (Fsp3) is 0.500. The molecule has 4 heteroatoms. The van der Waals surface area contributed by atoms with Crippen molar-refractivity contribution in [1.82, 2.24) is 5.32 Å². The highest BCUT2D eigenvalue weighted by Crippen LogP contribution is 2.28. The van der Waals surface area contributed by atoms with E-state index in [9.17, 15) is 5.11 Å². The number of ether oxygens (including phenoxy) is 1. The van der Waals surface area contributed by atoms with Gasteiger partial charge >= 0.3 is 0 Å². The van der Waals surface area contributed by atoms with E-state index in [-0.39, 0.29) is 11.8 Å². The Morgan fingerprint density at radius 3 is 2.62 bits per heavy atom. The van der Waals surface area contributed by atoms with Crippen LogP contribution in [0.25, 0.3) is 0 Å². The number of phenols is 1. The van der Waals surface area contributed by atoms with Crippen molar-refractivity contribution in [3.8, 4) is 11.5 Å². The molecule has 0 saturated heterocycles. The SMILES string of the molecule is COc1ccc(O)c(C(C)NCC(C)O)c1. The zero-order valence-corrected chi connectivity index (χ0v) is 9.90. The number of phenolic OH excluding ortho intramolecular Hbond substituents is 1. The number of nitrogens with one attached hydrogen (secondary N) is 1. The van der Waals surface area contributed by atoms with Gasteiger partial charge < -0.3 is 20.3 Å². The van der Waals surface area contributed by atoms with Crippen molar-refractivity contribution in [3.05, 3.63) is 23.8 Å². The molecule has 3 N–H and O–H groups in total. The van der Waals surface area contributed by atoms with Crippen molar-refractivity contribution in [2.24, 2.45) is 0 Å². The van der Waals surface area contributed by atoms with E-state index in [0.717, 1.165) is 5.56 Å². The van der Waals surface area contributed by atoms with Crippen molar-refractivity contribution >= 4 is 0 Å². The van der Waals surface area contributed by atoms with Crippen molar-refractivity contribution in [2.45, 2.75) is 26.0 Å². The van der Waals surface area contributed by atoms with Crippen LogP contribution in [0.1, 0.15) is 25.5 Å². The van der Waals surface area contributed by atoms with Crippen LogP contribution in [-0.2, 0) is 0 Å². The molecule has 0 amide bonds. The summed E-state index contributed by atoms with van der Waals surface area (Å²) < 4.78 is 5.10. The maximum Gasteiger partial charge on any atom is 0.120 e. The summed E-state index contributed by atoms with van der Waals surface area (Å²) in [5.41, 5.74) is 0.764. The summed E-state index contributed by atoms with van der Waals surface area (Å²) in [6.07, 6.45) is -0.407. The van der Waals surface area contributed by atoms with Gasteiger partial charge in [-0.05, 0) is 32.0 Å². The van der Waals surface area contributed by atoms with Crippen LogP contribution in [0.4, 0.5) is 0 Å². The highest BCUT2D eigenvalue weighted by atomic mass is 16.5. The topological polar surface area (TPSA) is 61.7 Å². The van der Waals surface area contributed by atoms with Crippen LogP contribution in [-0.4, -0.2) is 30.0 Å². The Balaban J connectivity index is 2.76. The molecule has 0 fully saturated rings. The van der Waals surface area contributed by atoms with E-state index in [1.807, 2.05) is 6.92 Å². The van der Waals surface area contributed by atoms with Crippen molar-refractivity contribution in [2.75, 3.05) is 13.7 Å². The highest BCUT2D eigenvalue weighted by Gasteiger charge is 2.11. The Bertz CT molecular complexity index is 339. The predicted molar refractivity (Wildman–Crippen MR) is 62.8 cm³/mol. The molecule has 0 bridgehead atoms. The molecule has 16 heavy (non-hydrogen) atoms. The summed E-state index contributed by atoms with van der Waals surface area (Å²) in [5, 5.41) is 22.0. The molecular weight excluding hydrogens is 206 g/mol. The van der Waals surface area contributed by atoms with Gasteiger partial charge in [-0.3, -0.25) is 0 Å². The number of aromatic hydroxyl groups is 1. The van der Waals surface area contributed by atoms with Gasteiger partial charge in [0.15, 0.2) is 0 Å². The average Bonchev–Trinajstić information content (AvgIpc) is 2.26. The van der Waals surface area contributed by atoms with Crippen LogP contribution in [0.5, 0.6) is 11.5 Å². The zero-order valence-electron chi connectivity index (χ0n) is 9.90. The molecular formula is C12H19NO3. The van der Waals surface area contributed by atoms with Crippen molar-refractivity contribution in [1.29, 1.82) is 0 Å². The van der Waals surface area contributed by atoms with Gasteiger partial charge in [0, 0.05) is 18.2 Å². The summed E-state index contributed by atoms with van der Waals surface area (Å²) in [6, 6.07) is 5.06. The van der Waals surface area contributed by atoms with Gasteiger partial charge in [0.1, 0.15) is 11.5 Å². The third-order valence-corrected chi connectivity index (χ3v) is 2.42. The van der Waals surface area contributed by atoms with E-state index in [1.165, 1.54) is 0 Å². The second-order valence-corrected chi connectivity index (χ2v) is 3.90. The van der Waals surface area contributed by atoms with Crippen LogP contribution >= 0.6 is 0 Å². The van der Waals surface area contributed by atoms with E-state index in [1.54, 1.807) is 32.2 Å². The maximum absolute atomic E-state index is 9.71. The first-order valence-corrected chi connectivity index (χ1v) is 5.33. The number of rotatable bonds is 5. The Kier molecular flexibility index (Phi) is 4.58. The van der Waals surface area contributed by atoms with Gasteiger partial charge in [-0.15, -0.1) is 0 Å². The minimum atomic E-state index is -0.407. The molecule has 1 aromatic carbocycles. The average molecular weight is 225 g/mol. The van der Waals surface area contributed by atoms with Crippen LogP contribution < -0.4 is 10.1 Å². The molecule has 0 aliphatic carbocycles. The van der Waals surface area contributed by atoms with Crippen molar-refractivity contribution in [3.63, 3.8) is 0 Å². The molecule has 0 radical (unpaired) electrons. The van der Waals surface area contributed by atoms with Crippen LogP contribution in [0.15, 0.2) is 18.2 Å². The molecule has 0 spiro atoms. The Morgan fingerprint density at radius 2 is 2.06 bits per heavy atom. The van der Waals surface area contributed by atoms with Crippen LogP contribution in [0, 0.1) is 0 Å². The lowest BCUT2D eigenvalue weighted by molar-refractivity contribution is 0.187. The molecule has 4 nitrogen and oxygen atoms in total. The zero-order chi connectivity index (χ0) is 12.1. The molecule has 0 heterocycles. The number of methoxy groups -OCH3 is 1. The van der Waals surface area contributed by atoms with E-state index in [2.05, 4.69) is 5.32 Å². The summed E-state index contributed by atoms with van der Waals surface area (Å²) in [5.74, 6) is 0.935. The van der Waals surface area contributed by atoms with Crippen LogP contribution in [0.2, 0.25) is 0 Å². The second-order valence-electron chi connectivity index (χ2n) is 3.90. The largest absolute Gasteiger partial charge is 0.508 e. The standard InChI is InChI=1S/C12H19NO3/c1-8(14)7-13-9(2)11-6-10(16-3)4-5-12(11)15/h4-6,8-9,13-15H,7H2,1-3H3. The maximum atomic E-state index is 9.71. The Morgan fingerprint density at radius 1 is 1.38 bits per heavy atom. The smallest absolute Gasteiger partial charge is 0.120 e. The van der Waals surface area contributed by atoms with Gasteiger partial charge in [-0.25, -0.2) is 0 Å². The van der Waals surface area contributed by atoms with Crippen molar-refractivity contribution < 1.29 is 14.9 Å². The lowest BCUT2D eigenvalue weighted by Gasteiger charge is -2.17.